The minimum Gasteiger partial charge on any atom is -0.322 e. The van der Waals surface area contributed by atoms with Gasteiger partial charge in [-0.25, -0.2) is 12.7 Å². The Morgan fingerprint density at radius 2 is 1.96 bits per heavy atom. The van der Waals surface area contributed by atoms with Gasteiger partial charge in [0.1, 0.15) is 0 Å². The Morgan fingerprint density at radius 1 is 1.23 bits per heavy atom. The highest BCUT2D eigenvalue weighted by molar-refractivity contribution is 7.94. The van der Waals surface area contributed by atoms with Gasteiger partial charge in [-0.05, 0) is 42.8 Å². The molecule has 1 atom stereocenters. The summed E-state index contributed by atoms with van der Waals surface area (Å²) in [6.07, 6.45) is 0. The third-order valence-electron chi connectivity index (χ3n) is 4.07. The van der Waals surface area contributed by atoms with Crippen LogP contribution in [0.2, 0.25) is 5.02 Å². The van der Waals surface area contributed by atoms with Crippen LogP contribution in [0, 0.1) is 12.8 Å². The van der Waals surface area contributed by atoms with Gasteiger partial charge < -0.3 is 5.32 Å². The first-order valence-electron chi connectivity index (χ1n) is 7.93. The van der Waals surface area contributed by atoms with Gasteiger partial charge in [-0.1, -0.05) is 30.7 Å². The number of nitrogens with one attached hydrogen (secondary N) is 1. The van der Waals surface area contributed by atoms with Gasteiger partial charge in [-0.2, -0.15) is 0 Å². The lowest BCUT2D eigenvalue weighted by Gasteiger charge is -2.16. The van der Waals surface area contributed by atoms with Crippen molar-refractivity contribution in [2.24, 2.45) is 5.92 Å². The molecule has 1 aliphatic rings. The molecule has 0 unspecified atom stereocenters. The highest BCUT2D eigenvalue weighted by Gasteiger charge is 2.42. The third-order valence-corrected chi connectivity index (χ3v) is 6.25. The fourth-order valence-electron chi connectivity index (χ4n) is 2.82. The van der Waals surface area contributed by atoms with Crippen LogP contribution in [0.15, 0.2) is 42.5 Å². The van der Waals surface area contributed by atoms with Gasteiger partial charge in [0.2, 0.25) is 15.9 Å². The van der Waals surface area contributed by atoms with Gasteiger partial charge in [0.15, 0.2) is 0 Å². The van der Waals surface area contributed by atoms with Crippen LogP contribution < -0.4 is 9.62 Å². The van der Waals surface area contributed by atoms with E-state index >= 15 is 0 Å². The molecule has 6 nitrogen and oxygen atoms in total. The van der Waals surface area contributed by atoms with Crippen LogP contribution in [0.4, 0.5) is 11.4 Å². The second-order valence-electron chi connectivity index (χ2n) is 6.27. The maximum absolute atomic E-state index is 12.4. The standard InChI is InChI=1S/C18H17ClN2O4S/c1-11-4-3-5-13(8-11)20-17(22)15-7-6-14(9-16(15)19)21-18(23)12(2)10-26(21,24)25/h3-9,12H,10H2,1-2H3,(H,20,22)/t12-/m0/s1. The van der Waals surface area contributed by atoms with Crippen LogP contribution in [0.1, 0.15) is 22.8 Å². The molecular formula is C18H17ClN2O4S. The molecule has 1 fully saturated rings. The van der Waals surface area contributed by atoms with Gasteiger partial charge in [-0.3, -0.25) is 9.59 Å². The molecule has 1 heterocycles. The Morgan fingerprint density at radius 3 is 2.54 bits per heavy atom. The topological polar surface area (TPSA) is 83.6 Å². The van der Waals surface area contributed by atoms with E-state index in [-0.39, 0.29) is 22.0 Å². The molecule has 2 aromatic rings. The zero-order valence-electron chi connectivity index (χ0n) is 14.2. The molecule has 0 bridgehead atoms. The van der Waals surface area contributed by atoms with Gasteiger partial charge in [0, 0.05) is 5.69 Å². The lowest BCUT2D eigenvalue weighted by Crippen LogP contribution is -2.30. The third kappa shape index (κ3) is 3.45. The Balaban J connectivity index is 1.88. The van der Waals surface area contributed by atoms with Gasteiger partial charge in [-0.15, -0.1) is 0 Å². The summed E-state index contributed by atoms with van der Waals surface area (Å²) in [7, 11) is -3.72. The molecule has 2 amide bonds. The van der Waals surface area contributed by atoms with Crippen molar-refractivity contribution in [1.82, 2.24) is 0 Å². The Hall–Kier alpha value is -2.38. The molecule has 0 aromatic heterocycles. The summed E-state index contributed by atoms with van der Waals surface area (Å²) in [5, 5.41) is 2.80. The van der Waals surface area contributed by atoms with Gasteiger partial charge in [0.25, 0.3) is 5.91 Å². The summed E-state index contributed by atoms with van der Waals surface area (Å²) in [4.78, 5) is 24.6. The number of rotatable bonds is 3. The number of anilines is 2. The number of hydrogen-bond acceptors (Lipinski definition) is 4. The van der Waals surface area contributed by atoms with E-state index in [9.17, 15) is 18.0 Å². The van der Waals surface area contributed by atoms with E-state index in [0.717, 1.165) is 9.87 Å². The second-order valence-corrected chi connectivity index (χ2v) is 8.54. The fourth-order valence-corrected chi connectivity index (χ4v) is 4.90. The first kappa shape index (κ1) is 18.4. The molecule has 0 saturated carbocycles. The highest BCUT2D eigenvalue weighted by Crippen LogP contribution is 2.31. The number of nitrogens with zero attached hydrogens (tertiary/aromatic N) is 1. The molecule has 8 heteroatoms. The zero-order valence-corrected chi connectivity index (χ0v) is 15.8. The average molecular weight is 393 g/mol. The van der Waals surface area contributed by atoms with E-state index in [4.69, 9.17) is 11.6 Å². The maximum Gasteiger partial charge on any atom is 0.257 e. The molecule has 1 saturated heterocycles. The van der Waals surface area contributed by atoms with Crippen molar-refractivity contribution in [2.45, 2.75) is 13.8 Å². The summed E-state index contributed by atoms with van der Waals surface area (Å²) in [6, 6.07) is 11.4. The van der Waals surface area contributed by atoms with E-state index in [2.05, 4.69) is 5.32 Å². The van der Waals surface area contributed by atoms with Crippen LogP contribution >= 0.6 is 11.6 Å². The lowest BCUT2D eigenvalue weighted by atomic mass is 10.1. The van der Waals surface area contributed by atoms with Gasteiger partial charge in [0.05, 0.1) is 27.9 Å². The minimum absolute atomic E-state index is 0.0650. The van der Waals surface area contributed by atoms with Crippen LogP contribution in [-0.4, -0.2) is 26.0 Å². The minimum atomic E-state index is -3.72. The van der Waals surface area contributed by atoms with E-state index in [1.807, 2.05) is 25.1 Å². The number of benzene rings is 2. The van der Waals surface area contributed by atoms with E-state index in [0.29, 0.717) is 5.69 Å². The molecule has 0 aliphatic carbocycles. The molecule has 2 aromatic carbocycles. The number of halogens is 1. The first-order chi connectivity index (χ1) is 12.2. The van der Waals surface area contributed by atoms with Crippen molar-refractivity contribution < 1.29 is 18.0 Å². The highest BCUT2D eigenvalue weighted by atomic mass is 35.5. The smallest absolute Gasteiger partial charge is 0.257 e. The number of hydrogen-bond donors (Lipinski definition) is 1. The Kier molecular flexibility index (Phi) is 4.77. The van der Waals surface area contributed by atoms with Crippen LogP contribution in [0.25, 0.3) is 0 Å². The molecule has 26 heavy (non-hydrogen) atoms. The summed E-state index contributed by atoms with van der Waals surface area (Å²) in [5.74, 6) is -1.77. The summed E-state index contributed by atoms with van der Waals surface area (Å²) >= 11 is 6.18. The molecule has 1 aliphatic heterocycles. The monoisotopic (exact) mass is 392 g/mol. The molecule has 1 N–H and O–H groups in total. The molecule has 136 valence electrons. The normalized spacial score (nSPS) is 18.8. The Labute approximate surface area is 156 Å². The molecule has 0 spiro atoms. The number of aryl methyl sites for hydroxylation is 1. The van der Waals surface area contributed by atoms with E-state index in [1.165, 1.54) is 18.2 Å². The number of amides is 2. The summed E-state index contributed by atoms with van der Waals surface area (Å²) in [5.41, 5.74) is 1.95. The number of carbonyl (C=O) groups is 2. The SMILES string of the molecule is Cc1cccc(NC(=O)c2ccc(N3C(=O)[C@@H](C)CS3(=O)=O)cc2Cl)c1. The molecule has 3 rings (SSSR count). The predicted octanol–water partition coefficient (Wildman–Crippen LogP) is 3.21. The molecule has 0 radical (unpaired) electrons. The van der Waals surface area contributed by atoms with E-state index < -0.39 is 27.8 Å². The summed E-state index contributed by atoms with van der Waals surface area (Å²) < 4.78 is 25.1. The van der Waals surface area contributed by atoms with Crippen LogP contribution in [0.3, 0.4) is 0 Å². The predicted molar refractivity (Wildman–Crippen MR) is 101 cm³/mol. The largest absolute Gasteiger partial charge is 0.322 e. The maximum atomic E-state index is 12.4. The van der Waals surface area contributed by atoms with Crippen molar-refractivity contribution in [3.63, 3.8) is 0 Å². The van der Waals surface area contributed by atoms with Crippen LogP contribution in [0.5, 0.6) is 0 Å². The zero-order chi connectivity index (χ0) is 19.1. The number of sulfonamides is 1. The van der Waals surface area contributed by atoms with Crippen LogP contribution in [-0.2, 0) is 14.8 Å². The Bertz CT molecular complexity index is 1000. The second kappa shape index (κ2) is 6.74. The van der Waals surface area contributed by atoms with Crippen molar-refractivity contribution in [2.75, 3.05) is 15.4 Å². The van der Waals surface area contributed by atoms with Crippen molar-refractivity contribution in [3.05, 3.63) is 58.6 Å². The van der Waals surface area contributed by atoms with Gasteiger partial charge >= 0.3 is 0 Å². The molecular weight excluding hydrogens is 376 g/mol. The number of carbonyl (C=O) groups excluding carboxylic acids is 2. The van der Waals surface area contributed by atoms with Crippen molar-refractivity contribution >= 4 is 44.8 Å². The first-order valence-corrected chi connectivity index (χ1v) is 9.92. The van der Waals surface area contributed by atoms with Crippen molar-refractivity contribution in [1.29, 1.82) is 0 Å². The quantitative estimate of drug-likeness (QED) is 0.869. The fraction of sp³-hybridized carbons (Fsp3) is 0.222. The van der Waals surface area contributed by atoms with E-state index in [1.54, 1.807) is 13.0 Å². The van der Waals surface area contributed by atoms with Crippen molar-refractivity contribution in [3.8, 4) is 0 Å². The summed E-state index contributed by atoms with van der Waals surface area (Å²) in [6.45, 7) is 3.47. The lowest BCUT2D eigenvalue weighted by molar-refractivity contribution is -0.119. The average Bonchev–Trinajstić information content (AvgIpc) is 2.74.